The third kappa shape index (κ3) is 12.0. The molecule has 1 aliphatic rings. The van der Waals surface area contributed by atoms with Crippen LogP contribution in [-0.4, -0.2) is 71.8 Å². The molecule has 0 bridgehead atoms. The highest BCUT2D eigenvalue weighted by atomic mass is 16.5. The molecular weight excluding hydrogens is 680 g/mol. The third-order valence-corrected chi connectivity index (χ3v) is 7.29. The number of aliphatic hydroxyl groups is 1. The van der Waals surface area contributed by atoms with Gasteiger partial charge in [0.05, 0.1) is 44.3 Å². The number of aliphatic imine (C=N–C) groups is 1. The number of benzene rings is 2. The minimum Gasteiger partial charge on any atom is -0.496 e. The fourth-order valence-corrected chi connectivity index (χ4v) is 4.61. The molecule has 53 heavy (non-hydrogen) atoms. The van der Waals surface area contributed by atoms with Gasteiger partial charge in [-0.2, -0.15) is 15.2 Å². The number of hydrogen-bond acceptors (Lipinski definition) is 17. The number of rotatable bonds is 10. The van der Waals surface area contributed by atoms with Crippen molar-refractivity contribution in [2.24, 2.45) is 10.7 Å². The van der Waals surface area contributed by atoms with Crippen molar-refractivity contribution < 1.29 is 24.1 Å². The average Bonchev–Trinajstić information content (AvgIpc) is 3.69. The molecule has 0 unspecified atom stereocenters. The van der Waals surface area contributed by atoms with Gasteiger partial charge < -0.3 is 58.0 Å². The van der Waals surface area contributed by atoms with Crippen molar-refractivity contribution >= 4 is 29.4 Å². The Bertz CT molecular complexity index is 1860. The highest BCUT2D eigenvalue weighted by Crippen LogP contribution is 2.39. The lowest BCUT2D eigenvalue weighted by molar-refractivity contribution is 0.399. The van der Waals surface area contributed by atoms with Gasteiger partial charge in [0.25, 0.3) is 0 Å². The van der Waals surface area contributed by atoms with E-state index in [2.05, 4.69) is 57.1 Å². The minimum absolute atomic E-state index is 0.0707. The van der Waals surface area contributed by atoms with Crippen LogP contribution in [0.15, 0.2) is 41.7 Å². The van der Waals surface area contributed by atoms with Gasteiger partial charge in [-0.3, -0.25) is 4.99 Å². The summed E-state index contributed by atoms with van der Waals surface area (Å²) < 4.78 is 22.6. The first-order valence-corrected chi connectivity index (χ1v) is 16.8. The van der Waals surface area contributed by atoms with Crippen molar-refractivity contribution in [3.8, 4) is 40.6 Å². The molecule has 0 radical (unpaired) electrons. The molecule has 0 aliphatic carbocycles. The van der Waals surface area contributed by atoms with Crippen LogP contribution in [0, 0.1) is 11.3 Å². The molecule has 286 valence electrons. The van der Waals surface area contributed by atoms with Gasteiger partial charge in [-0.15, -0.1) is 0 Å². The predicted molar refractivity (Wildman–Crippen MR) is 208 cm³/mol. The number of ether oxygens (including phenoxy) is 4. The first-order chi connectivity index (χ1) is 25.4. The van der Waals surface area contributed by atoms with Crippen LogP contribution in [0.3, 0.4) is 0 Å². The Morgan fingerprint density at radius 3 is 1.62 bits per heavy atom. The Kier molecular flexibility index (Phi) is 17.3. The van der Waals surface area contributed by atoms with E-state index in [1.165, 1.54) is 19.5 Å². The van der Waals surface area contributed by atoms with E-state index in [0.29, 0.717) is 28.6 Å². The summed E-state index contributed by atoms with van der Waals surface area (Å²) >= 11 is 0. The van der Waals surface area contributed by atoms with Gasteiger partial charge in [-0.25, -0.2) is 9.97 Å². The molecule has 0 saturated carbocycles. The van der Waals surface area contributed by atoms with Gasteiger partial charge in [0.2, 0.25) is 11.9 Å². The Balaban J connectivity index is 0.000000322. The summed E-state index contributed by atoms with van der Waals surface area (Å²) in [6.45, 7) is 12.6. The quantitative estimate of drug-likeness (QED) is 0.119. The van der Waals surface area contributed by atoms with Gasteiger partial charge in [0, 0.05) is 30.8 Å². The first kappa shape index (κ1) is 43.0. The summed E-state index contributed by atoms with van der Waals surface area (Å²) in [4.78, 5) is 20.1. The number of nitrogens with zero attached hydrogens (tertiary/aromatic N) is 6. The molecule has 2 aromatic heterocycles. The zero-order chi connectivity index (χ0) is 39.7. The third-order valence-electron chi connectivity index (χ3n) is 7.29. The molecule has 5 rings (SSSR count). The van der Waals surface area contributed by atoms with Gasteiger partial charge in [0.1, 0.15) is 34.9 Å². The summed E-state index contributed by atoms with van der Waals surface area (Å²) in [6.07, 6.45) is 3.97. The maximum absolute atomic E-state index is 9.21. The number of nitrogens with one attached hydrogen (secondary N) is 1. The van der Waals surface area contributed by atoms with Crippen LogP contribution in [0.4, 0.5) is 23.5 Å². The second-order valence-electron chi connectivity index (χ2n) is 11.7. The Morgan fingerprint density at radius 2 is 1.25 bits per heavy atom. The predicted octanol–water partition coefficient (Wildman–Crippen LogP) is 4.32. The normalized spacial score (nSPS) is 11.3. The number of amidine groups is 1. The number of nitrogens with two attached hydrogens (primary N) is 5. The van der Waals surface area contributed by atoms with Crippen LogP contribution >= 0.6 is 0 Å². The molecule has 17 heteroatoms. The number of anilines is 4. The molecule has 1 aliphatic heterocycles. The molecule has 0 saturated heterocycles. The lowest BCUT2D eigenvalue weighted by Gasteiger charge is -2.18. The molecule has 17 nitrogen and oxygen atoms in total. The average molecular weight is 733 g/mol. The van der Waals surface area contributed by atoms with Crippen molar-refractivity contribution in [1.82, 2.24) is 25.3 Å². The Hall–Kier alpha value is -6.12. The Labute approximate surface area is 310 Å². The molecule has 0 spiro atoms. The first-order valence-electron chi connectivity index (χ1n) is 16.8. The van der Waals surface area contributed by atoms with Crippen LogP contribution in [0.25, 0.3) is 0 Å². The standard InChI is InChI=1S/C17H22N6O2.C15H17N5O2.C3H9N.CH4O/c1-9(2)10-6-12(24-3)11(16-20-4-5-21-16)7-13(10)25-14-8-22-17(19)23-15(14)18;1-8(2)10-5-11(21-3)9(6-16)4-12(10)22-13-7-19-15(18)20-14(13)17;1-2-3-4;1-2/h6-9H,4-5H2,1-3H3,(H,20,21)(H4,18,19,22,23);4-5,7-8H,1-3H3,(H4,17,18,19,20);2-4H2,1H3;2H,1H3. The van der Waals surface area contributed by atoms with E-state index in [0.717, 1.165) is 61.4 Å². The van der Waals surface area contributed by atoms with Gasteiger partial charge in [-0.1, -0.05) is 34.6 Å². The van der Waals surface area contributed by atoms with E-state index in [1.807, 2.05) is 26.0 Å². The van der Waals surface area contributed by atoms with Crippen molar-refractivity contribution in [3.63, 3.8) is 0 Å². The summed E-state index contributed by atoms with van der Waals surface area (Å²) in [6, 6.07) is 9.34. The van der Waals surface area contributed by atoms with E-state index in [9.17, 15) is 5.26 Å². The molecule has 0 amide bonds. The van der Waals surface area contributed by atoms with Crippen LogP contribution in [-0.2, 0) is 0 Å². The van der Waals surface area contributed by atoms with E-state index in [4.69, 9.17) is 52.7 Å². The fourth-order valence-electron chi connectivity index (χ4n) is 4.61. The summed E-state index contributed by atoms with van der Waals surface area (Å²) in [5.74, 6) is 4.71. The number of nitrogen functional groups attached to an aromatic ring is 4. The molecule has 4 aromatic rings. The highest BCUT2D eigenvalue weighted by Gasteiger charge is 2.21. The van der Waals surface area contributed by atoms with E-state index in [-0.39, 0.29) is 41.1 Å². The zero-order valence-corrected chi connectivity index (χ0v) is 31.6. The van der Waals surface area contributed by atoms with Crippen molar-refractivity contribution in [1.29, 1.82) is 5.26 Å². The monoisotopic (exact) mass is 732 g/mol. The van der Waals surface area contributed by atoms with Crippen LogP contribution in [0.5, 0.6) is 34.5 Å². The molecule has 12 N–H and O–H groups in total. The molecule has 0 fully saturated rings. The second kappa shape index (κ2) is 21.3. The fraction of sp³-hybridized carbons (Fsp3) is 0.389. The van der Waals surface area contributed by atoms with Crippen LogP contribution in [0.2, 0.25) is 0 Å². The maximum atomic E-state index is 9.21. The van der Waals surface area contributed by atoms with Crippen LogP contribution < -0.4 is 52.9 Å². The lowest BCUT2D eigenvalue weighted by atomic mass is 9.99. The van der Waals surface area contributed by atoms with Crippen molar-refractivity contribution in [3.05, 3.63) is 58.9 Å². The lowest BCUT2D eigenvalue weighted by Crippen LogP contribution is -2.20. The summed E-state index contributed by atoms with van der Waals surface area (Å²) in [5.41, 5.74) is 30.8. The number of nitriles is 1. The highest BCUT2D eigenvalue weighted by molar-refractivity contribution is 6.02. The SMILES string of the molecule is CCCN.CO.COc1cc(C(C)C)c(Oc2cnc(N)nc2N)cc1C#N.COc1cc(C(C)C)c(Oc2cnc(N)nc2N)cc1C1=NCCN1. The van der Waals surface area contributed by atoms with Gasteiger partial charge in [0.15, 0.2) is 23.1 Å². The Morgan fingerprint density at radius 1 is 0.774 bits per heavy atom. The molecule has 0 atom stereocenters. The molecule has 3 heterocycles. The molecular formula is C36H52N12O5. The number of aromatic nitrogens is 4. The van der Waals surface area contributed by atoms with Crippen LogP contribution in [0.1, 0.15) is 75.1 Å². The van der Waals surface area contributed by atoms with Crippen molar-refractivity contribution in [2.45, 2.75) is 52.9 Å². The largest absolute Gasteiger partial charge is 0.496 e. The van der Waals surface area contributed by atoms with Gasteiger partial charge >= 0.3 is 0 Å². The smallest absolute Gasteiger partial charge is 0.222 e. The maximum Gasteiger partial charge on any atom is 0.222 e. The van der Waals surface area contributed by atoms with E-state index < -0.39 is 0 Å². The summed E-state index contributed by atoms with van der Waals surface area (Å²) in [7, 11) is 4.16. The van der Waals surface area contributed by atoms with E-state index >= 15 is 0 Å². The topological polar surface area (TPSA) is 287 Å². The van der Waals surface area contributed by atoms with E-state index in [1.54, 1.807) is 19.2 Å². The number of aliphatic hydroxyl groups excluding tert-OH is 1. The number of hydrogen-bond donors (Lipinski definition) is 7. The molecule has 2 aromatic carbocycles. The zero-order valence-electron chi connectivity index (χ0n) is 31.6. The second-order valence-corrected chi connectivity index (χ2v) is 11.7. The summed E-state index contributed by atoms with van der Waals surface area (Å²) in [5, 5.41) is 19.5. The van der Waals surface area contributed by atoms with Gasteiger partial charge in [-0.05, 0) is 43.0 Å². The minimum atomic E-state index is 0.0707. The number of methoxy groups -OCH3 is 2. The van der Waals surface area contributed by atoms with Crippen molar-refractivity contribution in [2.75, 3.05) is 63.9 Å².